The SMILES string of the molecule is COC(=O)c1ccc(CNC(=O)CCCOc2ccc(C#N)cc2OC)cc1. The minimum atomic E-state index is -0.394. The van der Waals surface area contributed by atoms with Crippen molar-refractivity contribution < 1.29 is 23.8 Å². The number of nitrogens with zero attached hydrogens (tertiary/aromatic N) is 1. The zero-order valence-electron chi connectivity index (χ0n) is 15.9. The Balaban J connectivity index is 1.72. The van der Waals surface area contributed by atoms with Gasteiger partial charge >= 0.3 is 5.97 Å². The summed E-state index contributed by atoms with van der Waals surface area (Å²) >= 11 is 0. The molecule has 0 saturated heterocycles. The van der Waals surface area contributed by atoms with Crippen molar-refractivity contribution in [2.45, 2.75) is 19.4 Å². The maximum absolute atomic E-state index is 12.0. The van der Waals surface area contributed by atoms with Crippen LogP contribution in [-0.2, 0) is 16.1 Å². The molecular formula is C21H22N2O5. The van der Waals surface area contributed by atoms with Crippen LogP contribution in [0.25, 0.3) is 0 Å². The molecule has 146 valence electrons. The Kier molecular flexibility index (Phi) is 7.85. The van der Waals surface area contributed by atoms with Gasteiger partial charge in [0, 0.05) is 19.0 Å². The highest BCUT2D eigenvalue weighted by Crippen LogP contribution is 2.27. The molecule has 0 atom stereocenters. The molecule has 0 radical (unpaired) electrons. The third-order valence-electron chi connectivity index (χ3n) is 3.96. The van der Waals surface area contributed by atoms with Crippen LogP contribution in [-0.4, -0.2) is 32.7 Å². The van der Waals surface area contributed by atoms with Gasteiger partial charge in [-0.2, -0.15) is 5.26 Å². The Morgan fingerprint density at radius 3 is 2.46 bits per heavy atom. The molecule has 2 rings (SSSR count). The molecule has 0 aliphatic rings. The van der Waals surface area contributed by atoms with Gasteiger partial charge in [0.1, 0.15) is 0 Å². The minimum Gasteiger partial charge on any atom is -0.493 e. The number of carbonyl (C=O) groups excluding carboxylic acids is 2. The lowest BCUT2D eigenvalue weighted by molar-refractivity contribution is -0.121. The van der Waals surface area contributed by atoms with E-state index < -0.39 is 5.97 Å². The Hall–Kier alpha value is -3.53. The van der Waals surface area contributed by atoms with E-state index in [-0.39, 0.29) is 5.91 Å². The smallest absolute Gasteiger partial charge is 0.337 e. The summed E-state index contributed by atoms with van der Waals surface area (Å²) in [6, 6.07) is 13.8. The highest BCUT2D eigenvalue weighted by Gasteiger charge is 2.08. The molecule has 2 aromatic rings. The number of ether oxygens (including phenoxy) is 3. The van der Waals surface area contributed by atoms with Crippen LogP contribution in [0.15, 0.2) is 42.5 Å². The molecule has 0 saturated carbocycles. The molecule has 7 heteroatoms. The normalized spacial score (nSPS) is 9.89. The van der Waals surface area contributed by atoms with E-state index in [1.807, 2.05) is 6.07 Å². The van der Waals surface area contributed by atoms with Gasteiger partial charge in [-0.15, -0.1) is 0 Å². The van der Waals surface area contributed by atoms with Crippen LogP contribution in [0.2, 0.25) is 0 Å². The average molecular weight is 382 g/mol. The maximum atomic E-state index is 12.0. The van der Waals surface area contributed by atoms with Crippen molar-refractivity contribution in [1.29, 1.82) is 5.26 Å². The zero-order valence-corrected chi connectivity index (χ0v) is 15.9. The van der Waals surface area contributed by atoms with E-state index in [4.69, 9.17) is 14.7 Å². The first-order valence-electron chi connectivity index (χ1n) is 8.72. The first-order chi connectivity index (χ1) is 13.6. The second-order valence-corrected chi connectivity index (χ2v) is 5.89. The average Bonchev–Trinajstić information content (AvgIpc) is 2.75. The van der Waals surface area contributed by atoms with Crippen molar-refractivity contribution in [2.24, 2.45) is 0 Å². The van der Waals surface area contributed by atoms with E-state index in [0.29, 0.717) is 48.6 Å². The number of nitrogens with one attached hydrogen (secondary N) is 1. The summed E-state index contributed by atoms with van der Waals surface area (Å²) in [6.07, 6.45) is 0.856. The first kappa shape index (κ1) is 20.8. The third-order valence-corrected chi connectivity index (χ3v) is 3.96. The maximum Gasteiger partial charge on any atom is 0.337 e. The summed E-state index contributed by atoms with van der Waals surface area (Å²) in [6.45, 7) is 0.730. The minimum absolute atomic E-state index is 0.0903. The van der Waals surface area contributed by atoms with Gasteiger partial charge < -0.3 is 19.5 Å². The van der Waals surface area contributed by atoms with Crippen molar-refractivity contribution in [1.82, 2.24) is 5.32 Å². The van der Waals surface area contributed by atoms with Gasteiger partial charge in [-0.05, 0) is 36.2 Å². The molecule has 28 heavy (non-hydrogen) atoms. The standard InChI is InChI=1S/C21H22N2O5/c1-26-19-12-16(13-22)7-10-18(19)28-11-3-4-20(24)23-14-15-5-8-17(9-6-15)21(25)27-2/h5-10,12H,3-4,11,14H2,1-2H3,(H,23,24). The predicted octanol–water partition coefficient (Wildman–Crippen LogP) is 2.83. The van der Waals surface area contributed by atoms with Crippen LogP contribution in [0.4, 0.5) is 0 Å². The topological polar surface area (TPSA) is 97.6 Å². The zero-order chi connectivity index (χ0) is 20.4. The van der Waals surface area contributed by atoms with Crippen LogP contribution in [0, 0.1) is 11.3 Å². The lowest BCUT2D eigenvalue weighted by atomic mass is 10.1. The van der Waals surface area contributed by atoms with Crippen molar-refractivity contribution in [3.05, 3.63) is 59.2 Å². The molecule has 0 unspecified atom stereocenters. The predicted molar refractivity (Wildman–Crippen MR) is 102 cm³/mol. The summed E-state index contributed by atoms with van der Waals surface area (Å²) in [4.78, 5) is 23.3. The summed E-state index contributed by atoms with van der Waals surface area (Å²) < 4.78 is 15.5. The number of benzene rings is 2. The van der Waals surface area contributed by atoms with Gasteiger partial charge in [-0.25, -0.2) is 4.79 Å². The number of rotatable bonds is 9. The number of methoxy groups -OCH3 is 2. The molecule has 1 amide bonds. The quantitative estimate of drug-likeness (QED) is 0.529. The molecule has 0 aliphatic carbocycles. The lowest BCUT2D eigenvalue weighted by Crippen LogP contribution is -2.23. The second kappa shape index (κ2) is 10.6. The summed E-state index contributed by atoms with van der Waals surface area (Å²) in [5.74, 6) is 0.536. The van der Waals surface area contributed by atoms with Crippen molar-refractivity contribution in [3.8, 4) is 17.6 Å². The van der Waals surface area contributed by atoms with E-state index in [0.717, 1.165) is 5.56 Å². The second-order valence-electron chi connectivity index (χ2n) is 5.89. The van der Waals surface area contributed by atoms with Crippen LogP contribution < -0.4 is 14.8 Å². The molecule has 0 aromatic heterocycles. The van der Waals surface area contributed by atoms with Gasteiger partial charge in [0.25, 0.3) is 0 Å². The highest BCUT2D eigenvalue weighted by molar-refractivity contribution is 5.89. The van der Waals surface area contributed by atoms with Gasteiger partial charge in [-0.1, -0.05) is 12.1 Å². The van der Waals surface area contributed by atoms with Gasteiger partial charge in [0.2, 0.25) is 5.91 Å². The van der Waals surface area contributed by atoms with E-state index in [2.05, 4.69) is 10.1 Å². The van der Waals surface area contributed by atoms with Crippen molar-refractivity contribution in [3.63, 3.8) is 0 Å². The Morgan fingerprint density at radius 1 is 1.07 bits per heavy atom. The van der Waals surface area contributed by atoms with E-state index in [9.17, 15) is 9.59 Å². The van der Waals surface area contributed by atoms with Crippen molar-refractivity contribution >= 4 is 11.9 Å². The first-order valence-corrected chi connectivity index (χ1v) is 8.72. The fraction of sp³-hybridized carbons (Fsp3) is 0.286. The van der Waals surface area contributed by atoms with Crippen LogP contribution >= 0.6 is 0 Å². The number of nitriles is 1. The molecular weight excluding hydrogens is 360 g/mol. The molecule has 0 aliphatic heterocycles. The molecule has 0 spiro atoms. The lowest BCUT2D eigenvalue weighted by Gasteiger charge is -2.11. The number of hydrogen-bond acceptors (Lipinski definition) is 6. The van der Waals surface area contributed by atoms with E-state index in [1.165, 1.54) is 14.2 Å². The van der Waals surface area contributed by atoms with E-state index in [1.54, 1.807) is 42.5 Å². The van der Waals surface area contributed by atoms with Gasteiger partial charge in [0.15, 0.2) is 11.5 Å². The summed E-state index contributed by atoms with van der Waals surface area (Å²) in [5, 5.41) is 11.7. The van der Waals surface area contributed by atoms with E-state index >= 15 is 0 Å². The van der Waals surface area contributed by atoms with Crippen LogP contribution in [0.3, 0.4) is 0 Å². The molecule has 7 nitrogen and oxygen atoms in total. The molecule has 2 aromatic carbocycles. The van der Waals surface area contributed by atoms with Crippen LogP contribution in [0.5, 0.6) is 11.5 Å². The van der Waals surface area contributed by atoms with Gasteiger partial charge in [-0.3, -0.25) is 4.79 Å². The Bertz CT molecular complexity index is 856. The number of esters is 1. The summed E-state index contributed by atoms with van der Waals surface area (Å²) in [7, 11) is 2.84. The largest absolute Gasteiger partial charge is 0.493 e. The number of amides is 1. The highest BCUT2D eigenvalue weighted by atomic mass is 16.5. The third kappa shape index (κ3) is 6.02. The molecule has 0 fully saturated rings. The number of carbonyl (C=O) groups is 2. The number of hydrogen-bond donors (Lipinski definition) is 1. The Morgan fingerprint density at radius 2 is 1.82 bits per heavy atom. The van der Waals surface area contributed by atoms with Crippen molar-refractivity contribution in [2.75, 3.05) is 20.8 Å². The fourth-order valence-electron chi connectivity index (χ4n) is 2.44. The fourth-order valence-corrected chi connectivity index (χ4v) is 2.44. The Labute approximate surface area is 163 Å². The molecule has 0 bridgehead atoms. The summed E-state index contributed by atoms with van der Waals surface area (Å²) in [5.41, 5.74) is 1.84. The van der Waals surface area contributed by atoms with Gasteiger partial charge in [0.05, 0.1) is 38.0 Å². The monoisotopic (exact) mass is 382 g/mol. The molecule has 1 N–H and O–H groups in total. The molecule has 0 heterocycles. The van der Waals surface area contributed by atoms with Crippen LogP contribution in [0.1, 0.15) is 34.3 Å².